The number of thiophene rings is 1. The van der Waals surface area contributed by atoms with Gasteiger partial charge in [0.2, 0.25) is 0 Å². The Morgan fingerprint density at radius 3 is 2.45 bits per heavy atom. The number of nitrogens with one attached hydrogen (secondary N) is 2. The van der Waals surface area contributed by atoms with Gasteiger partial charge in [-0.2, -0.15) is 0 Å². The van der Waals surface area contributed by atoms with Crippen molar-refractivity contribution in [3.63, 3.8) is 0 Å². The Labute approximate surface area is 189 Å². The summed E-state index contributed by atoms with van der Waals surface area (Å²) in [5, 5.41) is 10.5. The summed E-state index contributed by atoms with van der Waals surface area (Å²) >= 11 is 1.81. The van der Waals surface area contributed by atoms with Gasteiger partial charge in [0.05, 0.1) is 5.00 Å². The number of guanidine groups is 1. The summed E-state index contributed by atoms with van der Waals surface area (Å²) in [6.07, 6.45) is 5.68. The zero-order chi connectivity index (χ0) is 21.5. The molecule has 4 rings (SSSR count). The van der Waals surface area contributed by atoms with E-state index in [9.17, 15) is 4.79 Å². The van der Waals surface area contributed by atoms with Gasteiger partial charge in [-0.25, -0.2) is 0 Å². The SMILES string of the molecule is CN=C(NCc1ccc(C(=O)N2CCCCC2)cc1)NC1CCN(c2cccs2)CC1. The van der Waals surface area contributed by atoms with Gasteiger partial charge in [0.25, 0.3) is 5.91 Å². The lowest BCUT2D eigenvalue weighted by molar-refractivity contribution is 0.0724. The van der Waals surface area contributed by atoms with E-state index in [-0.39, 0.29) is 5.91 Å². The third-order valence-electron chi connectivity index (χ3n) is 6.18. The van der Waals surface area contributed by atoms with E-state index in [4.69, 9.17) is 0 Å². The molecule has 0 saturated carbocycles. The lowest BCUT2D eigenvalue weighted by Gasteiger charge is -2.33. The molecule has 2 aliphatic rings. The Kier molecular flexibility index (Phi) is 7.46. The fraction of sp³-hybridized carbons (Fsp3) is 0.500. The molecule has 1 aromatic carbocycles. The lowest BCUT2D eigenvalue weighted by atomic mass is 10.1. The van der Waals surface area contributed by atoms with Gasteiger partial charge < -0.3 is 20.4 Å². The van der Waals surface area contributed by atoms with Crippen molar-refractivity contribution < 1.29 is 4.79 Å². The van der Waals surface area contributed by atoms with E-state index in [1.54, 1.807) is 0 Å². The highest BCUT2D eigenvalue weighted by atomic mass is 32.1. The van der Waals surface area contributed by atoms with Crippen molar-refractivity contribution in [2.75, 3.05) is 38.1 Å². The summed E-state index contributed by atoms with van der Waals surface area (Å²) in [5.41, 5.74) is 1.93. The van der Waals surface area contributed by atoms with Gasteiger partial charge >= 0.3 is 0 Å². The van der Waals surface area contributed by atoms with Crippen LogP contribution in [0.25, 0.3) is 0 Å². The van der Waals surface area contributed by atoms with Crippen molar-refractivity contribution in [3.8, 4) is 0 Å². The molecule has 1 amide bonds. The highest BCUT2D eigenvalue weighted by Crippen LogP contribution is 2.24. The van der Waals surface area contributed by atoms with Crippen LogP contribution in [-0.2, 0) is 6.54 Å². The Bertz CT molecular complexity index is 851. The molecule has 7 heteroatoms. The quantitative estimate of drug-likeness (QED) is 0.551. The molecule has 166 valence electrons. The summed E-state index contributed by atoms with van der Waals surface area (Å²) in [5.74, 6) is 0.994. The molecular formula is C24H33N5OS. The summed E-state index contributed by atoms with van der Waals surface area (Å²) in [6, 6.07) is 12.7. The molecule has 2 N–H and O–H groups in total. The Balaban J connectivity index is 1.23. The van der Waals surface area contributed by atoms with Crippen LogP contribution in [0.5, 0.6) is 0 Å². The molecule has 0 bridgehead atoms. The molecule has 0 spiro atoms. The van der Waals surface area contributed by atoms with Crippen molar-refractivity contribution in [1.29, 1.82) is 0 Å². The van der Waals surface area contributed by atoms with Gasteiger partial charge in [-0.05, 0) is 67.3 Å². The van der Waals surface area contributed by atoms with Gasteiger partial charge in [0, 0.05) is 51.4 Å². The minimum absolute atomic E-state index is 0.158. The first-order chi connectivity index (χ1) is 15.2. The van der Waals surface area contributed by atoms with Crippen LogP contribution in [0, 0.1) is 0 Å². The second-order valence-corrected chi connectivity index (χ2v) is 9.26. The molecule has 2 aliphatic heterocycles. The molecule has 0 radical (unpaired) electrons. The van der Waals surface area contributed by atoms with Crippen LogP contribution < -0.4 is 15.5 Å². The predicted octanol–water partition coefficient (Wildman–Crippen LogP) is 3.71. The predicted molar refractivity (Wildman–Crippen MR) is 129 cm³/mol. The fourth-order valence-electron chi connectivity index (χ4n) is 4.31. The molecule has 2 aromatic rings. The Morgan fingerprint density at radius 2 is 1.81 bits per heavy atom. The summed E-state index contributed by atoms with van der Waals surface area (Å²) in [7, 11) is 1.82. The molecule has 0 unspecified atom stereocenters. The normalized spacial score (nSPS) is 18.2. The largest absolute Gasteiger partial charge is 0.363 e. The number of carbonyl (C=O) groups is 1. The van der Waals surface area contributed by atoms with Gasteiger partial charge in [0.1, 0.15) is 0 Å². The zero-order valence-corrected chi connectivity index (χ0v) is 19.2. The lowest BCUT2D eigenvalue weighted by Crippen LogP contribution is -2.48. The minimum atomic E-state index is 0.158. The monoisotopic (exact) mass is 439 g/mol. The van der Waals surface area contributed by atoms with Crippen LogP contribution in [-0.4, -0.2) is 56.0 Å². The van der Waals surface area contributed by atoms with Crippen molar-refractivity contribution in [3.05, 3.63) is 52.9 Å². The highest BCUT2D eigenvalue weighted by Gasteiger charge is 2.21. The number of hydrogen-bond acceptors (Lipinski definition) is 4. The van der Waals surface area contributed by atoms with Crippen LogP contribution in [0.3, 0.4) is 0 Å². The fourth-order valence-corrected chi connectivity index (χ4v) is 5.10. The average Bonchev–Trinajstić information content (AvgIpc) is 3.38. The number of rotatable bonds is 5. The molecule has 2 fully saturated rings. The zero-order valence-electron chi connectivity index (χ0n) is 18.3. The van der Waals surface area contributed by atoms with Crippen molar-refractivity contribution in [2.24, 2.45) is 4.99 Å². The number of likely N-dealkylation sites (tertiary alicyclic amines) is 1. The van der Waals surface area contributed by atoms with Crippen LogP contribution in [0.4, 0.5) is 5.00 Å². The van der Waals surface area contributed by atoms with E-state index in [1.165, 1.54) is 11.4 Å². The smallest absolute Gasteiger partial charge is 0.253 e. The van der Waals surface area contributed by atoms with E-state index >= 15 is 0 Å². The molecule has 1 aromatic heterocycles. The molecule has 3 heterocycles. The summed E-state index contributed by atoms with van der Waals surface area (Å²) < 4.78 is 0. The van der Waals surface area contributed by atoms with Crippen molar-refractivity contribution >= 4 is 28.2 Å². The van der Waals surface area contributed by atoms with Gasteiger partial charge in [0.15, 0.2) is 5.96 Å². The van der Waals surface area contributed by atoms with Crippen molar-refractivity contribution in [2.45, 2.75) is 44.7 Å². The first kappa shape index (κ1) is 21.7. The van der Waals surface area contributed by atoms with Crippen LogP contribution >= 0.6 is 11.3 Å². The number of nitrogens with zero attached hydrogens (tertiary/aromatic N) is 3. The van der Waals surface area contributed by atoms with Crippen LogP contribution in [0.1, 0.15) is 48.0 Å². The first-order valence-corrected chi connectivity index (χ1v) is 12.2. The van der Waals surface area contributed by atoms with Crippen LogP contribution in [0.15, 0.2) is 46.8 Å². The number of carbonyl (C=O) groups excluding carboxylic acids is 1. The minimum Gasteiger partial charge on any atom is -0.363 e. The number of benzene rings is 1. The molecule has 0 atom stereocenters. The number of amides is 1. The summed E-state index contributed by atoms with van der Waals surface area (Å²) in [6.45, 7) is 4.60. The highest BCUT2D eigenvalue weighted by molar-refractivity contribution is 7.14. The first-order valence-electron chi connectivity index (χ1n) is 11.4. The van der Waals surface area contributed by atoms with E-state index in [0.717, 1.165) is 68.9 Å². The number of aliphatic imine (C=N–C) groups is 1. The van der Waals surface area contributed by atoms with Crippen LogP contribution in [0.2, 0.25) is 0 Å². The maximum absolute atomic E-state index is 12.6. The topological polar surface area (TPSA) is 60.0 Å². The molecule has 0 aliphatic carbocycles. The van der Waals surface area contributed by atoms with Gasteiger partial charge in [-0.15, -0.1) is 11.3 Å². The van der Waals surface area contributed by atoms with E-state index in [2.05, 4.69) is 38.0 Å². The Hall–Kier alpha value is -2.54. The standard InChI is InChI=1S/C24H33N5OS/c1-25-24(27-21-11-15-28(16-12-21)22-6-5-17-31-22)26-18-19-7-9-20(10-8-19)23(30)29-13-3-2-4-14-29/h5-10,17,21H,2-4,11-16,18H2,1H3,(H2,25,26,27). The number of piperidine rings is 2. The second-order valence-electron chi connectivity index (χ2n) is 8.33. The maximum Gasteiger partial charge on any atom is 0.253 e. The van der Waals surface area contributed by atoms with Gasteiger partial charge in [-0.1, -0.05) is 12.1 Å². The van der Waals surface area contributed by atoms with E-state index in [1.807, 2.05) is 47.5 Å². The molecular weight excluding hydrogens is 406 g/mol. The average molecular weight is 440 g/mol. The molecule has 2 saturated heterocycles. The second kappa shape index (κ2) is 10.7. The molecule has 6 nitrogen and oxygen atoms in total. The Morgan fingerprint density at radius 1 is 1.06 bits per heavy atom. The van der Waals surface area contributed by atoms with E-state index in [0.29, 0.717) is 12.6 Å². The third kappa shape index (κ3) is 5.79. The molecule has 31 heavy (non-hydrogen) atoms. The number of hydrogen-bond donors (Lipinski definition) is 2. The maximum atomic E-state index is 12.6. The van der Waals surface area contributed by atoms with Crippen molar-refractivity contribution in [1.82, 2.24) is 15.5 Å². The summed E-state index contributed by atoms with van der Waals surface area (Å²) in [4.78, 5) is 21.5. The van der Waals surface area contributed by atoms with Gasteiger partial charge in [-0.3, -0.25) is 9.79 Å². The third-order valence-corrected chi connectivity index (χ3v) is 7.11. The van der Waals surface area contributed by atoms with E-state index < -0.39 is 0 Å². The number of anilines is 1.